The van der Waals surface area contributed by atoms with Crippen molar-refractivity contribution in [3.8, 4) is 5.75 Å². The Kier molecular flexibility index (Phi) is 6.93. The van der Waals surface area contributed by atoms with Gasteiger partial charge in [-0.1, -0.05) is 15.9 Å². The van der Waals surface area contributed by atoms with Gasteiger partial charge in [0.1, 0.15) is 12.4 Å². The first-order valence-corrected chi connectivity index (χ1v) is 7.02. The maximum atomic E-state index is 5.90. The van der Waals surface area contributed by atoms with Gasteiger partial charge < -0.3 is 9.64 Å². The van der Waals surface area contributed by atoms with Crippen LogP contribution in [0.1, 0.15) is 13.3 Å². The van der Waals surface area contributed by atoms with E-state index < -0.39 is 0 Å². The largest absolute Gasteiger partial charge is 0.492 e. The lowest BCUT2D eigenvalue weighted by atomic mass is 10.3. The molecule has 0 bridgehead atoms. The van der Waals surface area contributed by atoms with Gasteiger partial charge in [-0.05, 0) is 51.2 Å². The Hall–Kier alpha value is -0.250. The predicted molar refractivity (Wildman–Crippen MR) is 77.1 cm³/mol. The molecule has 0 spiro atoms. The summed E-state index contributed by atoms with van der Waals surface area (Å²) < 4.78 is 6.71. The topological polar surface area (TPSA) is 12.5 Å². The van der Waals surface area contributed by atoms with Crippen molar-refractivity contribution in [2.45, 2.75) is 18.7 Å². The summed E-state index contributed by atoms with van der Waals surface area (Å²) in [5.41, 5.74) is 0. The molecule has 1 aromatic carbocycles. The van der Waals surface area contributed by atoms with E-state index in [1.165, 1.54) is 0 Å². The molecule has 0 saturated carbocycles. The second-order valence-corrected chi connectivity index (χ2v) is 5.84. The summed E-state index contributed by atoms with van der Waals surface area (Å²) in [6.45, 7) is 4.65. The number of hydrogen-bond acceptors (Lipinski definition) is 2. The molecule has 0 aliphatic carbocycles. The van der Waals surface area contributed by atoms with Crippen LogP contribution in [-0.2, 0) is 0 Å². The van der Waals surface area contributed by atoms with Crippen LogP contribution < -0.4 is 4.74 Å². The average Bonchev–Trinajstić information content (AvgIpc) is 2.29. The smallest absolute Gasteiger partial charge is 0.119 e. The van der Waals surface area contributed by atoms with Crippen molar-refractivity contribution in [3.63, 3.8) is 0 Å². The molecule has 0 aliphatic rings. The molecule has 1 rings (SSSR count). The molecule has 4 heteroatoms. The van der Waals surface area contributed by atoms with Gasteiger partial charge in [0.2, 0.25) is 0 Å². The first-order chi connectivity index (χ1) is 8.08. The molecule has 0 N–H and O–H groups in total. The van der Waals surface area contributed by atoms with E-state index in [2.05, 4.69) is 27.9 Å². The Morgan fingerprint density at radius 1 is 1.29 bits per heavy atom. The summed E-state index contributed by atoms with van der Waals surface area (Å²) in [7, 11) is 2.09. The zero-order valence-electron chi connectivity index (χ0n) is 10.3. The zero-order valence-corrected chi connectivity index (χ0v) is 12.7. The molecule has 1 atom stereocenters. The Bertz CT molecular complexity index is 316. The molecule has 0 radical (unpaired) electrons. The normalized spacial score (nSPS) is 12.8. The van der Waals surface area contributed by atoms with Gasteiger partial charge in [0, 0.05) is 16.4 Å². The summed E-state index contributed by atoms with van der Waals surface area (Å²) in [4.78, 5) is 2.23. The Labute approximate surface area is 117 Å². The van der Waals surface area contributed by atoms with Gasteiger partial charge in [0.25, 0.3) is 0 Å². The molecular weight excluding hydrogens is 302 g/mol. The van der Waals surface area contributed by atoms with Crippen LogP contribution in [-0.4, -0.2) is 37.0 Å². The molecule has 0 aromatic heterocycles. The van der Waals surface area contributed by atoms with Gasteiger partial charge in [-0.25, -0.2) is 0 Å². The molecule has 0 fully saturated rings. The molecule has 2 nitrogen and oxygen atoms in total. The zero-order chi connectivity index (χ0) is 12.7. The van der Waals surface area contributed by atoms with Crippen LogP contribution >= 0.6 is 27.5 Å². The van der Waals surface area contributed by atoms with E-state index in [-0.39, 0.29) is 5.38 Å². The standard InChI is InChI=1S/C13H19BrClNO/c1-11(15)7-8-16(2)9-10-17-13-5-3-12(14)4-6-13/h3-6,11H,7-10H2,1-2H3. The SMILES string of the molecule is CC(Cl)CCN(C)CCOc1ccc(Br)cc1. The minimum Gasteiger partial charge on any atom is -0.492 e. The molecular formula is C13H19BrClNO. The quantitative estimate of drug-likeness (QED) is 0.709. The highest BCUT2D eigenvalue weighted by atomic mass is 79.9. The number of halogens is 2. The van der Waals surface area contributed by atoms with Crippen LogP contribution in [0.25, 0.3) is 0 Å². The number of rotatable bonds is 7. The monoisotopic (exact) mass is 319 g/mol. The molecule has 1 unspecified atom stereocenters. The summed E-state index contributed by atoms with van der Waals surface area (Å²) in [6, 6.07) is 7.89. The third-order valence-corrected chi connectivity index (χ3v) is 3.21. The highest BCUT2D eigenvalue weighted by Gasteiger charge is 2.02. The van der Waals surface area contributed by atoms with Crippen LogP contribution in [0.15, 0.2) is 28.7 Å². The second kappa shape index (κ2) is 7.96. The highest BCUT2D eigenvalue weighted by Crippen LogP contribution is 2.15. The van der Waals surface area contributed by atoms with E-state index in [1.54, 1.807) is 0 Å². The Morgan fingerprint density at radius 3 is 2.53 bits per heavy atom. The minimum atomic E-state index is 0.241. The van der Waals surface area contributed by atoms with Crippen molar-refractivity contribution >= 4 is 27.5 Å². The number of ether oxygens (including phenoxy) is 1. The maximum Gasteiger partial charge on any atom is 0.119 e. The van der Waals surface area contributed by atoms with Crippen molar-refractivity contribution in [2.24, 2.45) is 0 Å². The van der Waals surface area contributed by atoms with Gasteiger partial charge in [-0.2, -0.15) is 0 Å². The fourth-order valence-corrected chi connectivity index (χ4v) is 1.72. The summed E-state index contributed by atoms with van der Waals surface area (Å²) >= 11 is 9.30. The van der Waals surface area contributed by atoms with Gasteiger partial charge in [0.15, 0.2) is 0 Å². The van der Waals surface area contributed by atoms with Crippen LogP contribution in [0.2, 0.25) is 0 Å². The van der Waals surface area contributed by atoms with Gasteiger partial charge in [-0.3, -0.25) is 0 Å². The lowest BCUT2D eigenvalue weighted by Crippen LogP contribution is -2.26. The van der Waals surface area contributed by atoms with E-state index in [0.717, 1.165) is 29.7 Å². The lowest BCUT2D eigenvalue weighted by molar-refractivity contribution is 0.236. The molecule has 17 heavy (non-hydrogen) atoms. The number of benzene rings is 1. The number of likely N-dealkylation sites (N-methyl/N-ethyl adjacent to an activating group) is 1. The van der Waals surface area contributed by atoms with Crippen LogP contribution in [0.4, 0.5) is 0 Å². The molecule has 0 amide bonds. The van der Waals surface area contributed by atoms with Crippen molar-refractivity contribution in [3.05, 3.63) is 28.7 Å². The fourth-order valence-electron chi connectivity index (χ4n) is 1.36. The molecule has 0 aliphatic heterocycles. The van der Waals surface area contributed by atoms with Gasteiger partial charge in [-0.15, -0.1) is 11.6 Å². The lowest BCUT2D eigenvalue weighted by Gasteiger charge is -2.17. The second-order valence-electron chi connectivity index (χ2n) is 4.18. The highest BCUT2D eigenvalue weighted by molar-refractivity contribution is 9.10. The average molecular weight is 321 g/mol. The predicted octanol–water partition coefficient (Wildman–Crippen LogP) is 3.78. The Morgan fingerprint density at radius 2 is 1.94 bits per heavy atom. The van der Waals surface area contributed by atoms with Crippen LogP contribution in [0.5, 0.6) is 5.75 Å². The van der Waals surface area contributed by atoms with Crippen molar-refractivity contribution in [1.82, 2.24) is 4.90 Å². The van der Waals surface area contributed by atoms with E-state index in [1.807, 2.05) is 31.2 Å². The van der Waals surface area contributed by atoms with Crippen LogP contribution in [0, 0.1) is 0 Å². The van der Waals surface area contributed by atoms with Gasteiger partial charge >= 0.3 is 0 Å². The third kappa shape index (κ3) is 6.92. The molecule has 0 heterocycles. The van der Waals surface area contributed by atoms with Gasteiger partial charge in [0.05, 0.1) is 0 Å². The number of alkyl halides is 1. The molecule has 0 saturated heterocycles. The van der Waals surface area contributed by atoms with E-state index >= 15 is 0 Å². The fraction of sp³-hybridized carbons (Fsp3) is 0.538. The summed E-state index contributed by atoms with van der Waals surface area (Å²) in [6.07, 6.45) is 1.01. The number of hydrogen-bond donors (Lipinski definition) is 0. The maximum absolute atomic E-state index is 5.90. The molecule has 1 aromatic rings. The summed E-state index contributed by atoms with van der Waals surface area (Å²) in [5.74, 6) is 0.910. The Balaban J connectivity index is 2.16. The van der Waals surface area contributed by atoms with E-state index in [0.29, 0.717) is 6.61 Å². The van der Waals surface area contributed by atoms with Crippen LogP contribution in [0.3, 0.4) is 0 Å². The van der Waals surface area contributed by atoms with E-state index in [4.69, 9.17) is 16.3 Å². The first kappa shape index (κ1) is 14.8. The minimum absolute atomic E-state index is 0.241. The third-order valence-electron chi connectivity index (χ3n) is 2.46. The number of nitrogens with zero attached hydrogens (tertiary/aromatic N) is 1. The van der Waals surface area contributed by atoms with Crippen molar-refractivity contribution in [1.29, 1.82) is 0 Å². The summed E-state index contributed by atoms with van der Waals surface area (Å²) in [5, 5.41) is 0.241. The van der Waals surface area contributed by atoms with Crippen molar-refractivity contribution < 1.29 is 4.74 Å². The van der Waals surface area contributed by atoms with E-state index in [9.17, 15) is 0 Å². The molecule has 96 valence electrons. The first-order valence-electron chi connectivity index (χ1n) is 5.79. The van der Waals surface area contributed by atoms with Crippen molar-refractivity contribution in [2.75, 3.05) is 26.7 Å².